The quantitative estimate of drug-likeness (QED) is 0.693. The van der Waals surface area contributed by atoms with Crippen molar-refractivity contribution in [2.45, 2.75) is 12.5 Å². The number of fused-ring (bicyclic) bond motifs is 4. The van der Waals surface area contributed by atoms with Crippen LogP contribution >= 0.6 is 0 Å². The number of carbonyl (C=O) groups excluding carboxylic acids is 1. The summed E-state index contributed by atoms with van der Waals surface area (Å²) < 4.78 is 5.67. The molecule has 2 N–H and O–H groups in total. The van der Waals surface area contributed by atoms with Gasteiger partial charge in [-0.05, 0) is 18.6 Å². The molecule has 5 nitrogen and oxygen atoms in total. The molecule has 3 heterocycles. The standard InChI is InChI=1S/C13H19N3O2/c14-13(17)10-2-3-11-7-15-4-1-5-18-9-12(8-15)16(11)6-10/h2-3,12H,1,4-9H2,(H2,14,17). The molecule has 0 radical (unpaired) electrons. The van der Waals surface area contributed by atoms with Crippen molar-refractivity contribution in [3.63, 3.8) is 0 Å². The van der Waals surface area contributed by atoms with E-state index in [0.29, 0.717) is 18.2 Å². The fourth-order valence-electron chi connectivity index (χ4n) is 2.91. The molecule has 0 spiro atoms. The van der Waals surface area contributed by atoms with E-state index in [4.69, 9.17) is 10.5 Å². The van der Waals surface area contributed by atoms with Crippen LogP contribution < -0.4 is 5.73 Å². The fourth-order valence-corrected chi connectivity index (χ4v) is 2.91. The van der Waals surface area contributed by atoms with Crippen molar-refractivity contribution >= 4 is 5.91 Å². The Hall–Kier alpha value is -1.33. The van der Waals surface area contributed by atoms with Crippen LogP contribution in [0.4, 0.5) is 0 Å². The number of rotatable bonds is 1. The van der Waals surface area contributed by atoms with E-state index in [1.807, 2.05) is 12.2 Å². The van der Waals surface area contributed by atoms with Gasteiger partial charge in [-0.3, -0.25) is 9.69 Å². The number of ether oxygens (including phenoxy) is 1. The molecule has 3 aliphatic rings. The predicted octanol–water partition coefficient (Wildman–Crippen LogP) is -0.298. The molecule has 2 unspecified atom stereocenters. The maximum absolute atomic E-state index is 11.3. The highest BCUT2D eigenvalue weighted by Gasteiger charge is 2.33. The summed E-state index contributed by atoms with van der Waals surface area (Å²) in [7, 11) is 0. The Morgan fingerprint density at radius 2 is 2.28 bits per heavy atom. The van der Waals surface area contributed by atoms with Gasteiger partial charge >= 0.3 is 0 Å². The van der Waals surface area contributed by atoms with Crippen molar-refractivity contribution in [2.24, 2.45) is 5.73 Å². The first kappa shape index (κ1) is 11.7. The van der Waals surface area contributed by atoms with Crippen LogP contribution in [0.5, 0.6) is 0 Å². The van der Waals surface area contributed by atoms with Crippen LogP contribution in [0, 0.1) is 0 Å². The molecule has 0 aliphatic carbocycles. The van der Waals surface area contributed by atoms with Gasteiger partial charge in [-0.15, -0.1) is 0 Å². The molecule has 2 fully saturated rings. The van der Waals surface area contributed by atoms with E-state index in [1.54, 1.807) is 0 Å². The molecule has 3 aliphatic heterocycles. The molecule has 5 heteroatoms. The summed E-state index contributed by atoms with van der Waals surface area (Å²) >= 11 is 0. The Morgan fingerprint density at radius 1 is 1.39 bits per heavy atom. The van der Waals surface area contributed by atoms with E-state index in [1.165, 1.54) is 5.70 Å². The normalized spacial score (nSPS) is 31.7. The second-order valence-electron chi connectivity index (χ2n) is 5.16. The number of amides is 1. The summed E-state index contributed by atoms with van der Waals surface area (Å²) in [4.78, 5) is 16.0. The molecule has 0 aromatic rings. The van der Waals surface area contributed by atoms with E-state index in [9.17, 15) is 4.79 Å². The summed E-state index contributed by atoms with van der Waals surface area (Å²) in [5.74, 6) is -0.320. The van der Waals surface area contributed by atoms with Crippen LogP contribution in [0.3, 0.4) is 0 Å². The van der Waals surface area contributed by atoms with E-state index in [-0.39, 0.29) is 5.91 Å². The van der Waals surface area contributed by atoms with Crippen LogP contribution in [0.25, 0.3) is 0 Å². The Morgan fingerprint density at radius 3 is 3.11 bits per heavy atom. The van der Waals surface area contributed by atoms with Gasteiger partial charge in [0.1, 0.15) is 0 Å². The summed E-state index contributed by atoms with van der Waals surface area (Å²) in [6.45, 7) is 5.28. The first-order chi connectivity index (χ1) is 8.74. The maximum atomic E-state index is 11.3. The smallest absolute Gasteiger partial charge is 0.246 e. The lowest BCUT2D eigenvalue weighted by Gasteiger charge is -2.46. The third-order valence-corrected chi connectivity index (χ3v) is 3.87. The third-order valence-electron chi connectivity index (χ3n) is 3.87. The van der Waals surface area contributed by atoms with Crippen molar-refractivity contribution in [1.82, 2.24) is 9.80 Å². The van der Waals surface area contributed by atoms with Gasteiger partial charge in [0.25, 0.3) is 0 Å². The molecule has 1 amide bonds. The summed E-state index contributed by atoms with van der Waals surface area (Å²) in [6, 6.07) is 0.341. The lowest BCUT2D eigenvalue weighted by atomic mass is 10.0. The van der Waals surface area contributed by atoms with Gasteiger partial charge in [-0.25, -0.2) is 0 Å². The highest BCUT2D eigenvalue weighted by atomic mass is 16.5. The Balaban J connectivity index is 1.84. The monoisotopic (exact) mass is 249 g/mol. The van der Waals surface area contributed by atoms with Crippen LogP contribution in [0.1, 0.15) is 6.42 Å². The number of piperazine rings is 1. The Kier molecular flexibility index (Phi) is 3.09. The first-order valence-corrected chi connectivity index (χ1v) is 6.50. The predicted molar refractivity (Wildman–Crippen MR) is 67.7 cm³/mol. The van der Waals surface area contributed by atoms with Crippen molar-refractivity contribution in [1.29, 1.82) is 0 Å². The molecule has 2 atom stereocenters. The molecule has 18 heavy (non-hydrogen) atoms. The highest BCUT2D eigenvalue weighted by Crippen LogP contribution is 2.25. The zero-order chi connectivity index (χ0) is 12.5. The van der Waals surface area contributed by atoms with Crippen LogP contribution in [0.2, 0.25) is 0 Å². The summed E-state index contributed by atoms with van der Waals surface area (Å²) in [5.41, 5.74) is 7.34. The van der Waals surface area contributed by atoms with Gasteiger partial charge in [0.15, 0.2) is 0 Å². The number of carbonyl (C=O) groups is 1. The number of allylic oxidation sites excluding steroid dienone is 2. The van der Waals surface area contributed by atoms with Crippen LogP contribution in [-0.4, -0.2) is 61.1 Å². The minimum Gasteiger partial charge on any atom is -0.379 e. The molecule has 2 saturated heterocycles. The first-order valence-electron chi connectivity index (χ1n) is 6.50. The maximum Gasteiger partial charge on any atom is 0.246 e. The largest absolute Gasteiger partial charge is 0.379 e. The molecular weight excluding hydrogens is 230 g/mol. The zero-order valence-corrected chi connectivity index (χ0v) is 10.5. The third kappa shape index (κ3) is 2.15. The van der Waals surface area contributed by atoms with Crippen molar-refractivity contribution < 1.29 is 9.53 Å². The van der Waals surface area contributed by atoms with Crippen LogP contribution in [0.15, 0.2) is 23.4 Å². The van der Waals surface area contributed by atoms with Gasteiger partial charge in [0.05, 0.1) is 12.6 Å². The number of primary amides is 1. The molecule has 98 valence electrons. The second-order valence-corrected chi connectivity index (χ2v) is 5.16. The number of hydrogen-bond acceptors (Lipinski definition) is 4. The SMILES string of the molecule is NC(=O)C1=CC=C2CN3CCCOCC(C3)N2C1. The van der Waals surface area contributed by atoms with Gasteiger partial charge in [0, 0.05) is 44.1 Å². The minimum atomic E-state index is -0.320. The molecular formula is C13H19N3O2. The van der Waals surface area contributed by atoms with E-state index < -0.39 is 0 Å². The van der Waals surface area contributed by atoms with Gasteiger partial charge in [-0.1, -0.05) is 0 Å². The number of nitrogens with two attached hydrogens (primary N) is 1. The zero-order valence-electron chi connectivity index (χ0n) is 10.5. The fraction of sp³-hybridized carbons (Fsp3) is 0.615. The summed E-state index contributed by atoms with van der Waals surface area (Å²) in [6.07, 6.45) is 4.99. The second kappa shape index (κ2) is 4.74. The van der Waals surface area contributed by atoms with E-state index in [2.05, 4.69) is 9.80 Å². The molecule has 3 rings (SSSR count). The summed E-state index contributed by atoms with van der Waals surface area (Å²) in [5, 5.41) is 0. The average molecular weight is 249 g/mol. The van der Waals surface area contributed by atoms with Crippen molar-refractivity contribution in [2.75, 3.05) is 39.4 Å². The lowest BCUT2D eigenvalue weighted by Crippen LogP contribution is -2.56. The van der Waals surface area contributed by atoms with E-state index in [0.717, 1.165) is 39.3 Å². The minimum absolute atomic E-state index is 0.320. The van der Waals surface area contributed by atoms with E-state index >= 15 is 0 Å². The molecule has 0 saturated carbocycles. The van der Waals surface area contributed by atoms with Gasteiger partial charge in [0.2, 0.25) is 5.91 Å². The number of nitrogens with zero attached hydrogens (tertiary/aromatic N) is 2. The van der Waals surface area contributed by atoms with Crippen LogP contribution in [-0.2, 0) is 9.53 Å². The molecule has 2 bridgehead atoms. The Bertz CT molecular complexity index is 416. The van der Waals surface area contributed by atoms with Crippen molar-refractivity contribution in [3.8, 4) is 0 Å². The highest BCUT2D eigenvalue weighted by molar-refractivity contribution is 5.93. The van der Waals surface area contributed by atoms with Crippen molar-refractivity contribution in [3.05, 3.63) is 23.4 Å². The Labute approximate surface area is 107 Å². The van der Waals surface area contributed by atoms with Gasteiger partial charge < -0.3 is 15.4 Å². The molecule has 0 aromatic heterocycles. The van der Waals surface area contributed by atoms with Gasteiger partial charge in [-0.2, -0.15) is 0 Å². The molecule has 0 aromatic carbocycles. The topological polar surface area (TPSA) is 58.8 Å². The number of hydrogen-bond donors (Lipinski definition) is 1. The lowest BCUT2D eigenvalue weighted by molar-refractivity contribution is -0.115. The average Bonchev–Trinajstić information content (AvgIpc) is 2.35.